The highest BCUT2D eigenvalue weighted by Crippen LogP contribution is 2.27. The summed E-state index contributed by atoms with van der Waals surface area (Å²) in [5.41, 5.74) is 5.49. The molecule has 0 heterocycles. The molecule has 0 aromatic heterocycles. The van der Waals surface area contributed by atoms with Crippen molar-refractivity contribution in [1.82, 2.24) is 0 Å². The van der Waals surface area contributed by atoms with E-state index in [4.69, 9.17) is 0 Å². The van der Waals surface area contributed by atoms with Gasteiger partial charge in [-0.1, -0.05) is 73.8 Å². The Balaban J connectivity index is 1.62. The zero-order chi connectivity index (χ0) is 23.1. The normalized spacial score (nSPS) is 10.8. The first kappa shape index (κ1) is 23.6. The molecule has 0 aliphatic heterocycles. The van der Waals surface area contributed by atoms with Crippen LogP contribution < -0.4 is 0 Å². The van der Waals surface area contributed by atoms with Crippen LogP contribution >= 0.6 is 23.5 Å². The van der Waals surface area contributed by atoms with Crippen molar-refractivity contribution in [3.8, 4) is 11.1 Å². The van der Waals surface area contributed by atoms with Crippen LogP contribution in [0.15, 0.2) is 107 Å². The third-order valence-corrected chi connectivity index (χ3v) is 6.65. The molecule has 0 unspecified atom stereocenters. The molecule has 160 valence electrons. The van der Waals surface area contributed by atoms with Crippen LogP contribution in [0.4, 0.5) is 0 Å². The molecule has 32 heavy (non-hydrogen) atoms. The Hall–Kier alpha value is -3.08. The summed E-state index contributed by atoms with van der Waals surface area (Å²) < 4.78 is 0. The number of hydrogen-bond acceptors (Lipinski definition) is 4. The summed E-state index contributed by atoms with van der Waals surface area (Å²) in [5.74, 6) is 0. The van der Waals surface area contributed by atoms with Gasteiger partial charge in [-0.25, -0.2) is 0 Å². The minimum absolute atomic E-state index is 0.0115. The van der Waals surface area contributed by atoms with Gasteiger partial charge in [0.2, 0.25) is 10.2 Å². The zero-order valence-electron chi connectivity index (χ0n) is 18.1. The van der Waals surface area contributed by atoms with Gasteiger partial charge < -0.3 is 0 Å². The van der Waals surface area contributed by atoms with E-state index >= 15 is 0 Å². The maximum Gasteiger partial charge on any atom is 0.219 e. The molecule has 0 spiro atoms. The topological polar surface area (TPSA) is 34.1 Å². The van der Waals surface area contributed by atoms with Crippen LogP contribution in [0, 0.1) is 0 Å². The molecular weight excluding hydrogens is 432 g/mol. The first-order valence-electron chi connectivity index (χ1n) is 10.1. The Morgan fingerprint density at radius 3 is 1.28 bits per heavy atom. The summed E-state index contributed by atoms with van der Waals surface area (Å²) in [7, 11) is 0. The highest BCUT2D eigenvalue weighted by molar-refractivity contribution is 8.14. The predicted octanol–water partition coefficient (Wildman–Crippen LogP) is 7.91. The fourth-order valence-corrected chi connectivity index (χ4v) is 4.05. The van der Waals surface area contributed by atoms with Crippen molar-refractivity contribution in [2.45, 2.75) is 23.6 Å². The van der Waals surface area contributed by atoms with Crippen molar-refractivity contribution >= 4 is 45.9 Å². The molecule has 0 radical (unpaired) electrons. The van der Waals surface area contributed by atoms with E-state index < -0.39 is 0 Å². The summed E-state index contributed by atoms with van der Waals surface area (Å²) in [5, 5.41) is -0.0234. The number of rotatable bonds is 7. The first-order valence-corrected chi connectivity index (χ1v) is 11.7. The van der Waals surface area contributed by atoms with E-state index in [0.29, 0.717) is 11.1 Å². The van der Waals surface area contributed by atoms with E-state index in [0.717, 1.165) is 32.0 Å². The van der Waals surface area contributed by atoms with Crippen LogP contribution in [-0.4, -0.2) is 10.2 Å². The van der Waals surface area contributed by atoms with Crippen molar-refractivity contribution in [2.24, 2.45) is 0 Å². The van der Waals surface area contributed by atoms with Gasteiger partial charge in [0, 0.05) is 9.79 Å². The molecule has 3 aromatic carbocycles. The van der Waals surface area contributed by atoms with Crippen LogP contribution in [-0.2, 0) is 9.59 Å². The van der Waals surface area contributed by atoms with Crippen LogP contribution in [0.2, 0.25) is 0 Å². The fourth-order valence-electron chi connectivity index (χ4n) is 2.73. The number of hydrogen-bond donors (Lipinski definition) is 0. The lowest BCUT2D eigenvalue weighted by molar-refractivity contribution is -0.108. The second-order valence-corrected chi connectivity index (χ2v) is 9.48. The van der Waals surface area contributed by atoms with Crippen molar-refractivity contribution < 1.29 is 9.59 Å². The molecule has 0 saturated heterocycles. The monoisotopic (exact) mass is 456 g/mol. The SMILES string of the molecule is C=C(C)C(=O)Sc1ccc(C=Cc2ccc(-c3ccc(SC(=O)C(=C)C)cc3)cc2)cc1. The molecule has 3 rings (SSSR count). The number of carbonyl (C=O) groups excluding carboxylic acids is 2. The summed E-state index contributed by atoms with van der Waals surface area (Å²) in [6.07, 6.45) is 4.11. The Morgan fingerprint density at radius 1 is 0.594 bits per heavy atom. The molecule has 0 fully saturated rings. The molecule has 0 atom stereocenters. The number of thioether (sulfide) groups is 2. The van der Waals surface area contributed by atoms with Gasteiger partial charge in [-0.3, -0.25) is 9.59 Å². The predicted molar refractivity (Wildman–Crippen MR) is 139 cm³/mol. The molecule has 0 N–H and O–H groups in total. The summed E-state index contributed by atoms with van der Waals surface area (Å²) in [4.78, 5) is 25.4. The number of carbonyl (C=O) groups is 2. The van der Waals surface area contributed by atoms with Crippen molar-refractivity contribution in [2.75, 3.05) is 0 Å². The molecule has 0 aliphatic rings. The van der Waals surface area contributed by atoms with Crippen LogP contribution in [0.1, 0.15) is 25.0 Å². The van der Waals surface area contributed by atoms with E-state index in [1.165, 1.54) is 23.5 Å². The summed E-state index contributed by atoms with van der Waals surface area (Å²) in [6, 6.07) is 24.2. The van der Waals surface area contributed by atoms with Gasteiger partial charge in [-0.15, -0.1) is 0 Å². The standard InChI is InChI=1S/C28H24O2S2/c1-19(2)27(29)31-25-15-9-22(10-16-25)6-5-21-7-11-23(12-8-21)24-13-17-26(18-14-24)32-28(30)20(3)4/h5-18H,1,3H2,2,4H3. The van der Waals surface area contributed by atoms with Crippen LogP contribution in [0.5, 0.6) is 0 Å². The zero-order valence-corrected chi connectivity index (χ0v) is 19.8. The maximum atomic E-state index is 11.8. The van der Waals surface area contributed by atoms with Gasteiger partial charge in [-0.2, -0.15) is 0 Å². The second kappa shape index (κ2) is 11.0. The Bertz CT molecular complexity index is 1170. The van der Waals surface area contributed by atoms with Crippen molar-refractivity contribution in [1.29, 1.82) is 0 Å². The first-order chi connectivity index (χ1) is 15.3. The Labute approximate surface area is 198 Å². The van der Waals surface area contributed by atoms with Crippen LogP contribution in [0.3, 0.4) is 0 Å². The van der Waals surface area contributed by atoms with Crippen molar-refractivity contribution in [3.05, 3.63) is 108 Å². The van der Waals surface area contributed by atoms with Gasteiger partial charge in [0.15, 0.2) is 0 Å². The quantitative estimate of drug-likeness (QED) is 0.205. The molecule has 4 heteroatoms. The van der Waals surface area contributed by atoms with E-state index in [1.54, 1.807) is 13.8 Å². The molecule has 2 nitrogen and oxygen atoms in total. The number of benzene rings is 3. The third kappa shape index (κ3) is 6.71. The molecular formula is C28H24O2S2. The minimum Gasteiger partial charge on any atom is -0.282 e. The lowest BCUT2D eigenvalue weighted by Crippen LogP contribution is -1.90. The molecule has 0 bridgehead atoms. The average molecular weight is 457 g/mol. The lowest BCUT2D eigenvalue weighted by atomic mass is 10.0. The highest BCUT2D eigenvalue weighted by Gasteiger charge is 2.06. The van der Waals surface area contributed by atoms with E-state index in [-0.39, 0.29) is 10.2 Å². The second-order valence-electron chi connectivity index (χ2n) is 7.39. The Kier molecular flexibility index (Phi) is 8.09. The lowest BCUT2D eigenvalue weighted by Gasteiger charge is -2.05. The van der Waals surface area contributed by atoms with E-state index in [9.17, 15) is 9.59 Å². The van der Waals surface area contributed by atoms with E-state index in [1.807, 2.05) is 48.5 Å². The fraction of sp³-hybridized carbons (Fsp3) is 0.0714. The van der Waals surface area contributed by atoms with E-state index in [2.05, 4.69) is 49.6 Å². The third-order valence-electron chi connectivity index (χ3n) is 4.56. The smallest absolute Gasteiger partial charge is 0.219 e. The highest BCUT2D eigenvalue weighted by atomic mass is 32.2. The summed E-state index contributed by atoms with van der Waals surface area (Å²) in [6.45, 7) is 10.8. The molecule has 3 aromatic rings. The Morgan fingerprint density at radius 2 is 0.906 bits per heavy atom. The van der Waals surface area contributed by atoms with Crippen molar-refractivity contribution in [3.63, 3.8) is 0 Å². The average Bonchev–Trinajstić information content (AvgIpc) is 2.79. The largest absolute Gasteiger partial charge is 0.282 e. The van der Waals surface area contributed by atoms with Gasteiger partial charge in [0.25, 0.3) is 0 Å². The minimum atomic E-state index is -0.0119. The van der Waals surface area contributed by atoms with Gasteiger partial charge >= 0.3 is 0 Å². The molecule has 0 aliphatic carbocycles. The van der Waals surface area contributed by atoms with Gasteiger partial charge in [0.1, 0.15) is 0 Å². The van der Waals surface area contributed by atoms with Gasteiger partial charge in [0.05, 0.1) is 0 Å². The molecule has 0 amide bonds. The molecule has 0 saturated carbocycles. The maximum absolute atomic E-state index is 11.8. The van der Waals surface area contributed by atoms with Crippen LogP contribution in [0.25, 0.3) is 23.3 Å². The summed E-state index contributed by atoms with van der Waals surface area (Å²) >= 11 is 2.39. The van der Waals surface area contributed by atoms with Gasteiger partial charge in [-0.05, 0) is 95.0 Å².